The number of aromatic nitrogens is 3. The van der Waals surface area contributed by atoms with Crippen molar-refractivity contribution in [2.75, 3.05) is 0 Å². The average Bonchev–Trinajstić information content (AvgIpc) is 3.22. The number of para-hydroxylation sites is 2. The highest BCUT2D eigenvalue weighted by molar-refractivity contribution is 6.17. The fourth-order valence-corrected chi connectivity index (χ4v) is 3.81. The van der Waals surface area contributed by atoms with Crippen LogP contribution >= 0.6 is 0 Å². The predicted molar refractivity (Wildman–Crippen MR) is 104 cm³/mol. The lowest BCUT2D eigenvalue weighted by atomic mass is 10.1. The van der Waals surface area contributed by atoms with Crippen LogP contribution in [0.2, 0.25) is 0 Å². The van der Waals surface area contributed by atoms with E-state index in [1.165, 1.54) is 10.8 Å². The lowest BCUT2D eigenvalue weighted by Crippen LogP contribution is -1.99. The third-order valence-corrected chi connectivity index (χ3v) is 4.92. The van der Waals surface area contributed by atoms with Gasteiger partial charge in [0.2, 0.25) is 5.95 Å². The van der Waals surface area contributed by atoms with Gasteiger partial charge in [-0.05, 0) is 24.3 Å². The second-order valence-electron chi connectivity index (χ2n) is 6.37. The van der Waals surface area contributed by atoms with E-state index in [2.05, 4.69) is 50.9 Å². The van der Waals surface area contributed by atoms with Crippen molar-refractivity contribution in [1.29, 1.82) is 0 Å². The smallest absolute Gasteiger partial charge is 0.234 e. The Morgan fingerprint density at radius 1 is 0.615 bits per heavy atom. The lowest BCUT2D eigenvalue weighted by molar-refractivity contribution is 0.669. The van der Waals surface area contributed by atoms with Crippen molar-refractivity contribution in [3.63, 3.8) is 0 Å². The van der Waals surface area contributed by atoms with Crippen LogP contribution in [0.1, 0.15) is 0 Å². The molecule has 0 N–H and O–H groups in total. The van der Waals surface area contributed by atoms with Crippen LogP contribution < -0.4 is 0 Å². The van der Waals surface area contributed by atoms with Crippen molar-refractivity contribution < 1.29 is 4.42 Å². The quantitative estimate of drug-likeness (QED) is 0.400. The molecule has 4 nitrogen and oxygen atoms in total. The second-order valence-corrected chi connectivity index (χ2v) is 6.37. The van der Waals surface area contributed by atoms with Crippen LogP contribution in [0.5, 0.6) is 0 Å². The molecule has 26 heavy (non-hydrogen) atoms. The largest absolute Gasteiger partial charge is 0.456 e. The summed E-state index contributed by atoms with van der Waals surface area (Å²) in [7, 11) is 0. The zero-order valence-corrected chi connectivity index (χ0v) is 13.8. The maximum absolute atomic E-state index is 6.09. The van der Waals surface area contributed by atoms with E-state index < -0.39 is 0 Å². The minimum Gasteiger partial charge on any atom is -0.456 e. The lowest BCUT2D eigenvalue weighted by Gasteiger charge is -2.04. The number of hydrogen-bond acceptors (Lipinski definition) is 3. The van der Waals surface area contributed by atoms with E-state index in [1.54, 1.807) is 12.4 Å². The van der Waals surface area contributed by atoms with Gasteiger partial charge in [0.1, 0.15) is 11.2 Å². The Balaban J connectivity index is 1.85. The fraction of sp³-hybridized carbons (Fsp3) is 0. The van der Waals surface area contributed by atoms with E-state index in [9.17, 15) is 0 Å². The SMILES string of the molecule is c1cnc(-n2c3ccccc3c3cc4c(cc32)oc2ccccc24)nc1. The summed E-state index contributed by atoms with van der Waals surface area (Å²) in [6, 6.07) is 22.7. The Bertz CT molecular complexity index is 1430. The van der Waals surface area contributed by atoms with Crippen molar-refractivity contribution in [2.24, 2.45) is 0 Å². The van der Waals surface area contributed by atoms with Crippen molar-refractivity contribution in [1.82, 2.24) is 14.5 Å². The van der Waals surface area contributed by atoms with Crippen LogP contribution in [0.3, 0.4) is 0 Å². The van der Waals surface area contributed by atoms with Gasteiger partial charge >= 0.3 is 0 Å². The molecular formula is C22H13N3O. The molecule has 0 fully saturated rings. The minimum atomic E-state index is 0.661. The first-order valence-corrected chi connectivity index (χ1v) is 8.52. The number of benzene rings is 3. The Hall–Kier alpha value is -3.66. The number of nitrogens with zero attached hydrogens (tertiary/aromatic N) is 3. The van der Waals surface area contributed by atoms with Crippen LogP contribution in [0.15, 0.2) is 83.5 Å². The number of rotatable bonds is 1. The van der Waals surface area contributed by atoms with E-state index in [0.717, 1.165) is 33.0 Å². The number of fused-ring (bicyclic) bond motifs is 6. The molecule has 3 aromatic heterocycles. The van der Waals surface area contributed by atoms with Crippen LogP contribution in [0, 0.1) is 0 Å². The molecule has 0 aliphatic heterocycles. The van der Waals surface area contributed by atoms with E-state index in [1.807, 2.05) is 30.3 Å². The molecule has 3 aromatic carbocycles. The van der Waals surface area contributed by atoms with Gasteiger partial charge in [0, 0.05) is 40.0 Å². The maximum Gasteiger partial charge on any atom is 0.234 e. The van der Waals surface area contributed by atoms with Crippen LogP contribution in [0.4, 0.5) is 0 Å². The van der Waals surface area contributed by atoms with Gasteiger partial charge in [0.05, 0.1) is 11.0 Å². The summed E-state index contributed by atoms with van der Waals surface area (Å²) in [5.74, 6) is 0.661. The van der Waals surface area contributed by atoms with Crippen LogP contribution in [0.25, 0.3) is 49.7 Å². The third-order valence-electron chi connectivity index (χ3n) is 4.92. The van der Waals surface area contributed by atoms with Gasteiger partial charge < -0.3 is 4.42 Å². The first-order chi connectivity index (χ1) is 12.9. The molecule has 6 rings (SSSR count). The fourth-order valence-electron chi connectivity index (χ4n) is 3.81. The van der Waals surface area contributed by atoms with E-state index >= 15 is 0 Å². The van der Waals surface area contributed by atoms with Gasteiger partial charge in [-0.2, -0.15) is 0 Å². The molecule has 0 spiro atoms. The summed E-state index contributed by atoms with van der Waals surface area (Å²) in [6.45, 7) is 0. The molecule has 122 valence electrons. The van der Waals surface area contributed by atoms with Gasteiger partial charge in [-0.15, -0.1) is 0 Å². The second kappa shape index (κ2) is 4.92. The van der Waals surface area contributed by atoms with Gasteiger partial charge in [0.25, 0.3) is 0 Å². The molecule has 0 aliphatic carbocycles. The monoisotopic (exact) mass is 335 g/mol. The molecule has 0 saturated heterocycles. The van der Waals surface area contributed by atoms with Crippen molar-refractivity contribution in [3.8, 4) is 5.95 Å². The molecule has 0 amide bonds. The molecule has 0 radical (unpaired) electrons. The molecular weight excluding hydrogens is 322 g/mol. The summed E-state index contributed by atoms with van der Waals surface area (Å²) in [5, 5.41) is 4.62. The molecule has 3 heterocycles. The van der Waals surface area contributed by atoms with Gasteiger partial charge in [-0.3, -0.25) is 4.57 Å². The molecule has 0 aliphatic rings. The summed E-state index contributed by atoms with van der Waals surface area (Å²) < 4.78 is 8.19. The normalized spacial score (nSPS) is 11.8. The predicted octanol–water partition coefficient (Wildman–Crippen LogP) is 5.47. The summed E-state index contributed by atoms with van der Waals surface area (Å²) in [5.41, 5.74) is 3.91. The summed E-state index contributed by atoms with van der Waals surface area (Å²) in [6.07, 6.45) is 3.53. The highest BCUT2D eigenvalue weighted by atomic mass is 16.3. The Morgan fingerprint density at radius 3 is 2.27 bits per heavy atom. The van der Waals surface area contributed by atoms with Crippen molar-refractivity contribution in [3.05, 3.63) is 79.1 Å². The van der Waals surface area contributed by atoms with E-state index in [-0.39, 0.29) is 0 Å². The molecule has 0 bridgehead atoms. The Kier molecular flexibility index (Phi) is 2.58. The van der Waals surface area contributed by atoms with Crippen molar-refractivity contribution in [2.45, 2.75) is 0 Å². The van der Waals surface area contributed by atoms with Crippen LogP contribution in [-0.4, -0.2) is 14.5 Å². The van der Waals surface area contributed by atoms with E-state index in [0.29, 0.717) is 5.95 Å². The molecule has 4 heteroatoms. The Morgan fingerprint density at radius 2 is 1.38 bits per heavy atom. The van der Waals surface area contributed by atoms with Gasteiger partial charge in [0.15, 0.2) is 0 Å². The summed E-state index contributed by atoms with van der Waals surface area (Å²) >= 11 is 0. The molecule has 0 unspecified atom stereocenters. The number of hydrogen-bond donors (Lipinski definition) is 0. The zero-order valence-electron chi connectivity index (χ0n) is 13.8. The standard InChI is InChI=1S/C22H13N3O/c1-3-8-18-14(6-1)16-12-17-15-7-2-4-9-20(15)26-21(17)13-19(16)25(18)22-23-10-5-11-24-22/h1-13H. The zero-order chi connectivity index (χ0) is 17.1. The van der Waals surface area contributed by atoms with Crippen molar-refractivity contribution >= 4 is 43.7 Å². The first-order valence-electron chi connectivity index (χ1n) is 8.52. The number of furan rings is 1. The minimum absolute atomic E-state index is 0.661. The highest BCUT2D eigenvalue weighted by Crippen LogP contribution is 2.37. The summed E-state index contributed by atoms with van der Waals surface area (Å²) in [4.78, 5) is 8.93. The third kappa shape index (κ3) is 1.73. The molecule has 0 saturated carbocycles. The first kappa shape index (κ1) is 13.6. The van der Waals surface area contributed by atoms with Gasteiger partial charge in [-0.1, -0.05) is 36.4 Å². The molecule has 6 aromatic rings. The van der Waals surface area contributed by atoms with Crippen LogP contribution in [-0.2, 0) is 0 Å². The maximum atomic E-state index is 6.09. The Labute approximate surface area is 148 Å². The van der Waals surface area contributed by atoms with Gasteiger partial charge in [-0.25, -0.2) is 9.97 Å². The average molecular weight is 335 g/mol. The highest BCUT2D eigenvalue weighted by Gasteiger charge is 2.16. The molecule has 0 atom stereocenters. The van der Waals surface area contributed by atoms with E-state index in [4.69, 9.17) is 4.42 Å². The topological polar surface area (TPSA) is 43.9 Å².